The molecule has 0 aromatic heterocycles. The van der Waals surface area contributed by atoms with E-state index in [9.17, 15) is 19.5 Å². The van der Waals surface area contributed by atoms with Crippen molar-refractivity contribution in [2.45, 2.75) is 88.8 Å². The lowest BCUT2D eigenvalue weighted by Crippen LogP contribution is -2.61. The van der Waals surface area contributed by atoms with Gasteiger partial charge in [0.15, 0.2) is 0 Å². The molecule has 37 heavy (non-hydrogen) atoms. The summed E-state index contributed by atoms with van der Waals surface area (Å²) in [5.41, 5.74) is -0.477. The van der Waals surface area contributed by atoms with E-state index in [1.807, 2.05) is 4.90 Å². The van der Waals surface area contributed by atoms with Crippen LogP contribution in [0.15, 0.2) is 25.3 Å². The molecule has 0 aliphatic carbocycles. The number of hydrogen-bond acceptors (Lipinski definition) is 6. The molecular formula is C29H46N2O5S. The summed E-state index contributed by atoms with van der Waals surface area (Å²) in [5, 5.41) is 9.35. The molecule has 3 unspecified atom stereocenters. The Morgan fingerprint density at radius 3 is 2.46 bits per heavy atom. The zero-order valence-corrected chi connectivity index (χ0v) is 24.3. The van der Waals surface area contributed by atoms with Gasteiger partial charge in [0.25, 0.3) is 0 Å². The van der Waals surface area contributed by atoms with Crippen LogP contribution in [-0.4, -0.2) is 80.6 Å². The first-order chi connectivity index (χ1) is 17.3. The Bertz CT molecular complexity index is 912. The summed E-state index contributed by atoms with van der Waals surface area (Å²) in [7, 11) is 0. The SMILES string of the molecule is C=CCOC(=O)[C@@H]1[C@H]2C(=O)N(CCCCO)C(C(=O)N(CC=C)C(C)(C)CC(C)(C)C)C23S[C@@H]1CC3C. The fourth-order valence-electron chi connectivity index (χ4n) is 7.24. The van der Waals surface area contributed by atoms with Crippen molar-refractivity contribution in [2.75, 3.05) is 26.3 Å². The summed E-state index contributed by atoms with van der Waals surface area (Å²) in [5.74, 6) is -1.65. The predicted octanol–water partition coefficient (Wildman–Crippen LogP) is 4.05. The van der Waals surface area contributed by atoms with Crippen LogP contribution in [0.4, 0.5) is 0 Å². The van der Waals surface area contributed by atoms with Crippen LogP contribution in [0.1, 0.15) is 67.2 Å². The third-order valence-electron chi connectivity index (χ3n) is 8.17. The second-order valence-corrected chi connectivity index (χ2v) is 14.3. The molecule has 1 N–H and O–H groups in total. The van der Waals surface area contributed by atoms with Crippen LogP contribution < -0.4 is 0 Å². The van der Waals surface area contributed by atoms with E-state index in [2.05, 4.69) is 54.7 Å². The zero-order valence-electron chi connectivity index (χ0n) is 23.5. The highest BCUT2D eigenvalue weighted by atomic mass is 32.2. The van der Waals surface area contributed by atoms with Gasteiger partial charge in [-0.15, -0.1) is 18.3 Å². The Balaban J connectivity index is 2.08. The lowest BCUT2D eigenvalue weighted by atomic mass is 9.66. The summed E-state index contributed by atoms with van der Waals surface area (Å²) in [6, 6.07) is -0.676. The molecule has 6 atom stereocenters. The first-order valence-electron chi connectivity index (χ1n) is 13.6. The van der Waals surface area contributed by atoms with E-state index in [1.165, 1.54) is 6.08 Å². The van der Waals surface area contributed by atoms with Crippen molar-refractivity contribution in [1.82, 2.24) is 9.80 Å². The summed E-state index contributed by atoms with van der Waals surface area (Å²) in [6.45, 7) is 21.2. The molecule has 3 saturated heterocycles. The quantitative estimate of drug-likeness (QED) is 0.231. The van der Waals surface area contributed by atoms with Crippen LogP contribution >= 0.6 is 11.8 Å². The molecule has 0 aromatic rings. The van der Waals surface area contributed by atoms with Crippen LogP contribution in [0.3, 0.4) is 0 Å². The van der Waals surface area contributed by atoms with Gasteiger partial charge < -0.3 is 19.6 Å². The number of esters is 1. The highest BCUT2D eigenvalue weighted by Crippen LogP contribution is 2.69. The highest BCUT2D eigenvalue weighted by molar-refractivity contribution is 8.02. The van der Waals surface area contributed by atoms with Crippen molar-refractivity contribution in [2.24, 2.45) is 23.2 Å². The van der Waals surface area contributed by atoms with Crippen molar-refractivity contribution < 1.29 is 24.2 Å². The molecule has 0 saturated carbocycles. The molecule has 3 fully saturated rings. The summed E-state index contributed by atoms with van der Waals surface area (Å²) < 4.78 is 4.77. The normalized spacial score (nSPS) is 30.8. The van der Waals surface area contributed by atoms with Crippen molar-refractivity contribution >= 4 is 29.5 Å². The third kappa shape index (κ3) is 5.38. The van der Waals surface area contributed by atoms with Crippen molar-refractivity contribution in [1.29, 1.82) is 0 Å². The summed E-state index contributed by atoms with van der Waals surface area (Å²) in [6.07, 6.45) is 5.97. The molecule has 0 aromatic carbocycles. The molecule has 1 spiro atoms. The van der Waals surface area contributed by atoms with E-state index in [0.717, 1.165) is 12.8 Å². The van der Waals surface area contributed by atoms with Gasteiger partial charge in [-0.1, -0.05) is 46.4 Å². The van der Waals surface area contributed by atoms with E-state index < -0.39 is 28.2 Å². The number of aliphatic hydroxyl groups is 1. The van der Waals surface area contributed by atoms with Crippen LogP contribution in [-0.2, 0) is 19.1 Å². The maximum atomic E-state index is 14.7. The molecule has 2 amide bonds. The maximum absolute atomic E-state index is 14.7. The second kappa shape index (κ2) is 11.1. The highest BCUT2D eigenvalue weighted by Gasteiger charge is 2.76. The number of rotatable bonds is 12. The van der Waals surface area contributed by atoms with E-state index in [1.54, 1.807) is 22.7 Å². The van der Waals surface area contributed by atoms with Gasteiger partial charge in [0, 0.05) is 30.5 Å². The fourth-order valence-corrected chi connectivity index (χ4v) is 9.65. The molecule has 7 nitrogen and oxygen atoms in total. The first-order valence-corrected chi connectivity index (χ1v) is 14.4. The van der Waals surface area contributed by atoms with Crippen molar-refractivity contribution in [3.63, 3.8) is 0 Å². The minimum absolute atomic E-state index is 0.00973. The van der Waals surface area contributed by atoms with Crippen LogP contribution in [0, 0.1) is 23.2 Å². The molecule has 2 bridgehead atoms. The van der Waals surface area contributed by atoms with E-state index >= 15 is 0 Å². The molecule has 208 valence electrons. The van der Waals surface area contributed by atoms with Gasteiger partial charge in [-0.3, -0.25) is 14.4 Å². The molecule has 8 heteroatoms. The number of unbranched alkanes of at least 4 members (excludes halogenated alkanes) is 1. The fraction of sp³-hybridized carbons (Fsp3) is 0.759. The number of thioether (sulfide) groups is 1. The van der Waals surface area contributed by atoms with Crippen molar-refractivity contribution in [3.8, 4) is 0 Å². The van der Waals surface area contributed by atoms with Crippen LogP contribution in [0.2, 0.25) is 0 Å². The van der Waals surface area contributed by atoms with E-state index in [4.69, 9.17) is 4.74 Å². The predicted molar refractivity (Wildman–Crippen MR) is 148 cm³/mol. The molecule has 3 rings (SSSR count). The average Bonchev–Trinajstić information content (AvgIpc) is 3.38. The number of likely N-dealkylation sites (tertiary alicyclic amines) is 1. The molecule has 0 radical (unpaired) electrons. The topological polar surface area (TPSA) is 87.1 Å². The molecule has 3 aliphatic rings. The van der Waals surface area contributed by atoms with Crippen molar-refractivity contribution in [3.05, 3.63) is 25.3 Å². The second-order valence-electron chi connectivity index (χ2n) is 12.7. The van der Waals surface area contributed by atoms with Gasteiger partial charge in [-0.2, -0.15) is 0 Å². The third-order valence-corrected chi connectivity index (χ3v) is 10.2. The van der Waals surface area contributed by atoms with Gasteiger partial charge in [-0.25, -0.2) is 0 Å². The Hall–Kier alpha value is -1.80. The van der Waals surface area contributed by atoms with Gasteiger partial charge >= 0.3 is 5.97 Å². The van der Waals surface area contributed by atoms with Gasteiger partial charge in [0.1, 0.15) is 12.6 Å². The lowest BCUT2D eigenvalue weighted by Gasteiger charge is -2.46. The number of aliphatic hydroxyl groups excluding tert-OH is 1. The van der Waals surface area contributed by atoms with Crippen LogP contribution in [0.5, 0.6) is 0 Å². The minimum Gasteiger partial charge on any atom is -0.461 e. The Morgan fingerprint density at radius 1 is 1.22 bits per heavy atom. The smallest absolute Gasteiger partial charge is 0.311 e. The monoisotopic (exact) mass is 534 g/mol. The van der Waals surface area contributed by atoms with Gasteiger partial charge in [0.2, 0.25) is 11.8 Å². The van der Waals surface area contributed by atoms with Gasteiger partial charge in [0.05, 0.1) is 16.6 Å². The Labute approximate surface area is 227 Å². The molecule has 3 heterocycles. The minimum atomic E-state index is -0.687. The number of hydrogen-bond donors (Lipinski definition) is 1. The first kappa shape index (κ1) is 29.8. The number of ether oxygens (including phenoxy) is 1. The molecular weight excluding hydrogens is 488 g/mol. The largest absolute Gasteiger partial charge is 0.461 e. The maximum Gasteiger partial charge on any atom is 0.311 e. The van der Waals surface area contributed by atoms with E-state index in [0.29, 0.717) is 25.9 Å². The Morgan fingerprint density at radius 2 is 1.89 bits per heavy atom. The number of carbonyl (C=O) groups excluding carboxylic acids is 3. The zero-order chi connectivity index (χ0) is 27.8. The number of amides is 2. The van der Waals surface area contributed by atoms with E-state index in [-0.39, 0.29) is 47.6 Å². The number of fused-ring (bicyclic) bond motifs is 1. The number of nitrogens with zero attached hydrogens (tertiary/aromatic N) is 2. The summed E-state index contributed by atoms with van der Waals surface area (Å²) in [4.78, 5) is 45.6. The summed E-state index contributed by atoms with van der Waals surface area (Å²) >= 11 is 1.66. The lowest BCUT2D eigenvalue weighted by molar-refractivity contribution is -0.153. The Kier molecular flexibility index (Phi) is 8.95. The average molecular weight is 535 g/mol. The van der Waals surface area contributed by atoms with Gasteiger partial charge in [-0.05, 0) is 50.9 Å². The van der Waals surface area contributed by atoms with Crippen LogP contribution in [0.25, 0.3) is 0 Å². The standard InChI is InChI=1S/C29H46N2O5S/c1-9-13-31(28(7,8)18-27(4,5)6)25(34)23-29-19(3)17-20(37-29)21(26(35)36-16-10-2)22(29)24(33)30(23)14-11-12-15-32/h9-10,19-23,32H,1-2,11-18H2,3-8H3/t19?,20-,21+,22+,23?,29?/m1/s1. The molecule has 3 aliphatic heterocycles. The number of carbonyl (C=O) groups is 3.